The SMILES string of the molecule is O=P(O)(O)CN(CCN(CP(=O)(O)O)CP(=O)(O)O)CP(=O)(O)O.[Na+].[Na+].[Na+].[Na+].[Na+].[Na+].[Na+].[Na+]. The zero-order valence-corrected chi connectivity index (χ0v) is 39.7. The van der Waals surface area contributed by atoms with Gasteiger partial charge in [0.2, 0.25) is 0 Å². The summed E-state index contributed by atoms with van der Waals surface area (Å²) >= 11 is 0. The first kappa shape index (κ1) is 63.7. The van der Waals surface area contributed by atoms with Crippen LogP contribution in [0.4, 0.5) is 0 Å². The molecule has 0 aliphatic carbocycles. The third kappa shape index (κ3) is 48.3. The molecule has 0 saturated heterocycles. The van der Waals surface area contributed by atoms with Crippen LogP contribution in [0.25, 0.3) is 0 Å². The molecule has 0 aromatic carbocycles. The monoisotopic (exact) mass is 620 g/mol. The first-order chi connectivity index (χ1) is 10.4. The fourth-order valence-corrected chi connectivity index (χ4v) is 5.06. The van der Waals surface area contributed by atoms with Crippen molar-refractivity contribution >= 4 is 30.4 Å². The molecule has 0 atom stereocenters. The second kappa shape index (κ2) is 29.6. The topological polar surface area (TPSA) is 237 Å². The minimum absolute atomic E-state index is 0. The van der Waals surface area contributed by atoms with Crippen LogP contribution in [-0.4, -0.2) is 87.2 Å². The number of nitrogens with zero attached hydrogens (tertiary/aromatic N) is 2. The van der Waals surface area contributed by atoms with Crippen molar-refractivity contribution in [1.29, 1.82) is 0 Å². The number of hydrogen-bond donors (Lipinski definition) is 8. The number of rotatable bonds is 11. The van der Waals surface area contributed by atoms with Gasteiger partial charge in [-0.3, -0.25) is 28.1 Å². The largest absolute Gasteiger partial charge is 1.00 e. The number of hydrogen-bond acceptors (Lipinski definition) is 6. The molecule has 0 aromatic heterocycles. The molecular formula is C6H20N2Na8O12P4+8. The van der Waals surface area contributed by atoms with E-state index in [0.29, 0.717) is 9.80 Å². The normalized spacial score (nSPS) is 10.9. The molecule has 26 heteroatoms. The van der Waals surface area contributed by atoms with Crippen molar-refractivity contribution in [2.75, 3.05) is 38.2 Å². The Labute approximate surface area is 364 Å². The molecule has 0 aliphatic rings. The summed E-state index contributed by atoms with van der Waals surface area (Å²) < 4.78 is 43.9. The summed E-state index contributed by atoms with van der Waals surface area (Å²) in [6, 6.07) is 0. The van der Waals surface area contributed by atoms with Gasteiger partial charge in [0, 0.05) is 13.1 Å². The summed E-state index contributed by atoms with van der Waals surface area (Å²) in [5.41, 5.74) is 0. The zero-order chi connectivity index (χ0) is 19.4. The van der Waals surface area contributed by atoms with Crippen molar-refractivity contribution in [3.05, 3.63) is 0 Å². The Hall–Kier alpha value is 8.52. The molecule has 14 nitrogen and oxygen atoms in total. The van der Waals surface area contributed by atoms with Gasteiger partial charge in [0.05, 0.1) is 0 Å². The molecule has 0 aromatic rings. The Balaban J connectivity index is -0.0000000945. The molecular weight excluding hydrogens is 600 g/mol. The van der Waals surface area contributed by atoms with Gasteiger partial charge in [0.25, 0.3) is 0 Å². The Morgan fingerprint density at radius 1 is 0.375 bits per heavy atom. The van der Waals surface area contributed by atoms with E-state index in [0.717, 1.165) is 0 Å². The predicted octanol–water partition coefficient (Wildman–Crippen LogP) is -25.8. The predicted molar refractivity (Wildman–Crippen MR) is 81.1 cm³/mol. The van der Waals surface area contributed by atoms with Crippen molar-refractivity contribution in [2.24, 2.45) is 0 Å². The molecule has 32 heavy (non-hydrogen) atoms. The minimum atomic E-state index is -4.69. The van der Waals surface area contributed by atoms with Gasteiger partial charge in [-0.15, -0.1) is 0 Å². The van der Waals surface area contributed by atoms with Crippen LogP contribution in [0.15, 0.2) is 0 Å². The van der Waals surface area contributed by atoms with Gasteiger partial charge in [-0.05, 0) is 0 Å². The second-order valence-electron chi connectivity index (χ2n) is 5.01. The summed E-state index contributed by atoms with van der Waals surface area (Å²) in [5.74, 6) is 0. The molecule has 0 amide bonds. The molecule has 0 rings (SSSR count). The van der Waals surface area contributed by atoms with E-state index >= 15 is 0 Å². The summed E-state index contributed by atoms with van der Waals surface area (Å²) in [6.45, 7) is -1.01. The van der Waals surface area contributed by atoms with Crippen LogP contribution in [0, 0.1) is 0 Å². The molecule has 0 saturated carbocycles. The standard InChI is InChI=1S/C6H20N2O12P4.8Na/c9-21(10,11)3-7(4-22(12,13)14)1-2-8(5-23(15,16)17)6-24(18,19)20;;;;;;;;/h1-6H2,(H2,9,10,11)(H2,12,13,14)(H2,15,16,17)(H2,18,19,20);;;;;;;;/q;8*+1. The van der Waals surface area contributed by atoms with E-state index in [1.54, 1.807) is 0 Å². The Morgan fingerprint density at radius 3 is 0.594 bits per heavy atom. The van der Waals surface area contributed by atoms with Gasteiger partial charge in [0.1, 0.15) is 25.1 Å². The Morgan fingerprint density at radius 2 is 0.500 bits per heavy atom. The van der Waals surface area contributed by atoms with E-state index in [4.69, 9.17) is 39.1 Å². The molecule has 8 N–H and O–H groups in total. The third-order valence-electron chi connectivity index (χ3n) is 2.27. The van der Waals surface area contributed by atoms with Gasteiger partial charge in [0.15, 0.2) is 0 Å². The average molecular weight is 620 g/mol. The van der Waals surface area contributed by atoms with E-state index < -0.39 is 68.6 Å². The quantitative estimate of drug-likeness (QED) is 0.0792. The smallest absolute Gasteiger partial charge is 0.324 e. The Kier molecular flexibility index (Phi) is 58.9. The van der Waals surface area contributed by atoms with E-state index in [2.05, 4.69) is 0 Å². The van der Waals surface area contributed by atoms with Gasteiger partial charge < -0.3 is 39.1 Å². The van der Waals surface area contributed by atoms with Crippen LogP contribution in [0.3, 0.4) is 0 Å². The second-order valence-corrected chi connectivity index (χ2v) is 11.5. The van der Waals surface area contributed by atoms with Crippen LogP contribution < -0.4 is 236 Å². The van der Waals surface area contributed by atoms with Crippen LogP contribution in [0.1, 0.15) is 0 Å². The molecule has 0 aliphatic heterocycles. The molecule has 0 heterocycles. The Bertz CT molecular complexity index is 512. The van der Waals surface area contributed by atoms with E-state index in [-0.39, 0.29) is 236 Å². The van der Waals surface area contributed by atoms with Gasteiger partial charge in [-0.25, -0.2) is 0 Å². The molecule has 146 valence electrons. The van der Waals surface area contributed by atoms with Crippen molar-refractivity contribution in [2.45, 2.75) is 0 Å². The molecule has 0 radical (unpaired) electrons. The van der Waals surface area contributed by atoms with Crippen LogP contribution in [0.2, 0.25) is 0 Å². The van der Waals surface area contributed by atoms with Crippen molar-refractivity contribution in [3.63, 3.8) is 0 Å². The van der Waals surface area contributed by atoms with Gasteiger partial charge in [-0.2, -0.15) is 0 Å². The van der Waals surface area contributed by atoms with Crippen LogP contribution in [-0.2, 0) is 18.3 Å². The first-order valence-electron chi connectivity index (χ1n) is 5.99. The maximum absolute atomic E-state index is 11.0. The first-order valence-corrected chi connectivity index (χ1v) is 13.2. The van der Waals surface area contributed by atoms with E-state index in [1.165, 1.54) is 0 Å². The van der Waals surface area contributed by atoms with Crippen LogP contribution >= 0.6 is 30.4 Å². The van der Waals surface area contributed by atoms with Gasteiger partial charge >= 0.3 is 267 Å². The summed E-state index contributed by atoms with van der Waals surface area (Å²) in [5, 5.41) is 0. The van der Waals surface area contributed by atoms with Crippen molar-refractivity contribution in [1.82, 2.24) is 9.80 Å². The third-order valence-corrected chi connectivity index (χ3v) is 5.34. The van der Waals surface area contributed by atoms with Crippen LogP contribution in [0.5, 0.6) is 0 Å². The fourth-order valence-electron chi connectivity index (χ4n) is 1.70. The molecule has 0 fully saturated rings. The fraction of sp³-hybridized carbons (Fsp3) is 1.00. The molecule has 0 unspecified atom stereocenters. The van der Waals surface area contributed by atoms with E-state index in [9.17, 15) is 18.3 Å². The summed E-state index contributed by atoms with van der Waals surface area (Å²) in [6.07, 6.45) is -4.18. The van der Waals surface area contributed by atoms with Crippen molar-refractivity contribution < 1.29 is 294 Å². The summed E-state index contributed by atoms with van der Waals surface area (Å²) in [4.78, 5) is 72.3. The zero-order valence-electron chi connectivity index (χ0n) is 20.1. The van der Waals surface area contributed by atoms with Crippen molar-refractivity contribution in [3.8, 4) is 0 Å². The maximum Gasteiger partial charge on any atom is 1.00 e. The maximum atomic E-state index is 11.0. The molecule has 0 bridgehead atoms. The molecule has 0 spiro atoms. The minimum Gasteiger partial charge on any atom is -0.324 e. The van der Waals surface area contributed by atoms with E-state index in [1.807, 2.05) is 0 Å². The summed E-state index contributed by atoms with van der Waals surface area (Å²) in [7, 11) is -18.8. The van der Waals surface area contributed by atoms with Gasteiger partial charge in [-0.1, -0.05) is 0 Å². The average Bonchev–Trinajstić information content (AvgIpc) is 2.16.